The Morgan fingerprint density at radius 1 is 1.03 bits per heavy atom. The molecule has 1 saturated carbocycles. The van der Waals surface area contributed by atoms with Gasteiger partial charge in [0.05, 0.1) is 0 Å². The van der Waals surface area contributed by atoms with Crippen LogP contribution < -0.4 is 0 Å². The second-order valence-corrected chi connectivity index (χ2v) is 9.17. The van der Waals surface area contributed by atoms with Crippen LogP contribution in [-0.2, 0) is 16.9 Å². The Morgan fingerprint density at radius 2 is 1.67 bits per heavy atom. The van der Waals surface area contributed by atoms with Crippen molar-refractivity contribution in [2.45, 2.75) is 44.2 Å². The molecule has 1 aliphatic heterocycles. The molecular weight excluding hydrogens is 372 g/mol. The van der Waals surface area contributed by atoms with Crippen molar-refractivity contribution in [3.63, 3.8) is 0 Å². The van der Waals surface area contributed by atoms with Crippen LogP contribution in [0.1, 0.15) is 43.2 Å². The Bertz CT molecular complexity index is 819. The third kappa shape index (κ3) is 4.45. The maximum atomic E-state index is 13.6. The second kappa shape index (κ2) is 9.32. The van der Waals surface area contributed by atoms with E-state index >= 15 is 0 Å². The van der Waals surface area contributed by atoms with Crippen LogP contribution in [0.25, 0.3) is 0 Å². The number of carbonyl (C=O) groups is 1. The van der Waals surface area contributed by atoms with E-state index in [1.54, 1.807) is 4.90 Å². The van der Waals surface area contributed by atoms with Crippen LogP contribution in [0.3, 0.4) is 0 Å². The molecule has 2 aliphatic rings. The van der Waals surface area contributed by atoms with Gasteiger partial charge in [-0.2, -0.15) is 0 Å². The summed E-state index contributed by atoms with van der Waals surface area (Å²) in [5, 5.41) is 11.7. The van der Waals surface area contributed by atoms with Crippen molar-refractivity contribution in [1.29, 1.82) is 0 Å². The van der Waals surface area contributed by atoms with Crippen LogP contribution in [0.5, 0.6) is 0 Å². The molecule has 1 N–H and O–H groups in total. The number of likely N-dealkylation sites (N-methyl/N-ethyl adjacent to an activating group) is 1. The SMILES string of the molecule is CN(CC1CCN(Cc2ccccc2)C1)C(=O)C(O)(c1ccccc1)C1CCCC1. The summed E-state index contributed by atoms with van der Waals surface area (Å²) in [7, 11) is 1.87. The van der Waals surface area contributed by atoms with E-state index in [0.717, 1.165) is 57.3 Å². The molecular formula is C26H34N2O2. The fourth-order valence-electron chi connectivity index (χ4n) is 5.38. The number of hydrogen-bond acceptors (Lipinski definition) is 3. The molecule has 0 aromatic heterocycles. The molecule has 2 fully saturated rings. The maximum Gasteiger partial charge on any atom is 0.259 e. The molecule has 2 aromatic rings. The predicted octanol–water partition coefficient (Wildman–Crippen LogP) is 4.04. The summed E-state index contributed by atoms with van der Waals surface area (Å²) in [6.45, 7) is 3.73. The molecule has 2 unspecified atom stereocenters. The van der Waals surface area contributed by atoms with E-state index in [9.17, 15) is 9.90 Å². The van der Waals surface area contributed by atoms with E-state index in [2.05, 4.69) is 35.2 Å². The van der Waals surface area contributed by atoms with E-state index < -0.39 is 5.60 Å². The largest absolute Gasteiger partial charge is 0.375 e. The monoisotopic (exact) mass is 406 g/mol. The van der Waals surface area contributed by atoms with Gasteiger partial charge in [0, 0.05) is 32.6 Å². The zero-order valence-electron chi connectivity index (χ0n) is 18.0. The summed E-state index contributed by atoms with van der Waals surface area (Å²) in [6, 6.07) is 20.1. The molecule has 2 atom stereocenters. The molecule has 4 rings (SSSR count). The molecule has 1 amide bonds. The topological polar surface area (TPSA) is 43.8 Å². The van der Waals surface area contributed by atoms with Crippen LogP contribution in [0.15, 0.2) is 60.7 Å². The van der Waals surface area contributed by atoms with Crippen molar-refractivity contribution >= 4 is 5.91 Å². The average molecular weight is 407 g/mol. The van der Waals surface area contributed by atoms with Crippen molar-refractivity contribution in [2.75, 3.05) is 26.7 Å². The van der Waals surface area contributed by atoms with E-state index in [1.807, 2.05) is 37.4 Å². The molecule has 0 radical (unpaired) electrons. The molecule has 160 valence electrons. The van der Waals surface area contributed by atoms with Gasteiger partial charge in [0.1, 0.15) is 0 Å². The molecule has 2 aromatic carbocycles. The highest BCUT2D eigenvalue weighted by molar-refractivity contribution is 5.86. The summed E-state index contributed by atoms with van der Waals surface area (Å²) in [6.07, 6.45) is 5.11. The summed E-state index contributed by atoms with van der Waals surface area (Å²) in [5.41, 5.74) is 0.669. The Morgan fingerprint density at radius 3 is 2.33 bits per heavy atom. The number of rotatable bonds is 7. The van der Waals surface area contributed by atoms with Gasteiger partial charge in [0.2, 0.25) is 0 Å². The normalized spacial score (nSPS) is 22.1. The van der Waals surface area contributed by atoms with Gasteiger partial charge in [-0.1, -0.05) is 73.5 Å². The number of hydrogen-bond donors (Lipinski definition) is 1. The quantitative estimate of drug-likeness (QED) is 0.755. The third-order valence-electron chi connectivity index (χ3n) is 6.98. The van der Waals surface area contributed by atoms with Gasteiger partial charge in [0.25, 0.3) is 5.91 Å². The summed E-state index contributed by atoms with van der Waals surface area (Å²) in [5.74, 6) is 0.321. The van der Waals surface area contributed by atoms with Crippen LogP contribution in [0.4, 0.5) is 0 Å². The first-order valence-electron chi connectivity index (χ1n) is 11.4. The van der Waals surface area contributed by atoms with Gasteiger partial charge in [-0.15, -0.1) is 0 Å². The lowest BCUT2D eigenvalue weighted by atomic mass is 9.79. The van der Waals surface area contributed by atoms with Crippen LogP contribution >= 0.6 is 0 Å². The fraction of sp³-hybridized carbons (Fsp3) is 0.500. The Kier molecular flexibility index (Phi) is 6.55. The predicted molar refractivity (Wildman–Crippen MR) is 120 cm³/mol. The molecule has 1 heterocycles. The number of nitrogens with zero attached hydrogens (tertiary/aromatic N) is 2. The van der Waals surface area contributed by atoms with Gasteiger partial charge in [-0.05, 0) is 42.9 Å². The highest BCUT2D eigenvalue weighted by Crippen LogP contribution is 2.42. The van der Waals surface area contributed by atoms with Crippen molar-refractivity contribution in [3.8, 4) is 0 Å². The molecule has 30 heavy (non-hydrogen) atoms. The Balaban J connectivity index is 1.41. The first kappa shape index (κ1) is 21.1. The first-order chi connectivity index (χ1) is 14.6. The number of aliphatic hydroxyl groups is 1. The summed E-state index contributed by atoms with van der Waals surface area (Å²) >= 11 is 0. The number of carbonyl (C=O) groups excluding carboxylic acids is 1. The van der Waals surface area contributed by atoms with Crippen LogP contribution in [0.2, 0.25) is 0 Å². The highest BCUT2D eigenvalue weighted by atomic mass is 16.3. The van der Waals surface area contributed by atoms with Crippen LogP contribution in [0, 0.1) is 11.8 Å². The fourth-order valence-corrected chi connectivity index (χ4v) is 5.38. The molecule has 1 aliphatic carbocycles. The Hall–Kier alpha value is -2.17. The zero-order valence-corrected chi connectivity index (χ0v) is 18.0. The summed E-state index contributed by atoms with van der Waals surface area (Å²) < 4.78 is 0. The minimum absolute atomic E-state index is 0.00741. The lowest BCUT2D eigenvalue weighted by Gasteiger charge is -2.37. The van der Waals surface area contributed by atoms with Gasteiger partial charge < -0.3 is 10.0 Å². The number of likely N-dealkylation sites (tertiary alicyclic amines) is 1. The Labute approximate surface area is 180 Å². The minimum atomic E-state index is -1.41. The maximum absolute atomic E-state index is 13.6. The standard InChI is InChI=1S/C26H34N2O2/c1-27(18-22-16-17-28(20-22)19-21-10-4-2-5-11-21)25(29)26(30,24-14-8-9-15-24)23-12-6-3-7-13-23/h2-7,10-13,22,24,30H,8-9,14-20H2,1H3. The molecule has 0 spiro atoms. The summed E-state index contributed by atoms with van der Waals surface area (Å²) in [4.78, 5) is 17.8. The van der Waals surface area contributed by atoms with E-state index in [0.29, 0.717) is 12.5 Å². The minimum Gasteiger partial charge on any atom is -0.375 e. The highest BCUT2D eigenvalue weighted by Gasteiger charge is 2.48. The van der Waals surface area contributed by atoms with Gasteiger partial charge in [-0.25, -0.2) is 0 Å². The average Bonchev–Trinajstić information content (AvgIpc) is 3.47. The van der Waals surface area contributed by atoms with Crippen molar-refractivity contribution in [2.24, 2.45) is 11.8 Å². The van der Waals surface area contributed by atoms with Crippen molar-refractivity contribution < 1.29 is 9.90 Å². The van der Waals surface area contributed by atoms with E-state index in [-0.39, 0.29) is 11.8 Å². The molecule has 4 heteroatoms. The van der Waals surface area contributed by atoms with E-state index in [1.165, 1.54) is 5.56 Å². The second-order valence-electron chi connectivity index (χ2n) is 9.17. The third-order valence-corrected chi connectivity index (χ3v) is 6.98. The van der Waals surface area contributed by atoms with Gasteiger partial charge in [-0.3, -0.25) is 9.69 Å². The number of benzene rings is 2. The lowest BCUT2D eigenvalue weighted by Crippen LogP contribution is -2.50. The molecule has 1 saturated heterocycles. The smallest absolute Gasteiger partial charge is 0.259 e. The first-order valence-corrected chi connectivity index (χ1v) is 11.4. The lowest BCUT2D eigenvalue weighted by molar-refractivity contribution is -0.158. The molecule has 4 nitrogen and oxygen atoms in total. The van der Waals surface area contributed by atoms with E-state index in [4.69, 9.17) is 0 Å². The zero-order chi connectivity index (χ0) is 21.0. The molecule has 0 bridgehead atoms. The van der Waals surface area contributed by atoms with Crippen molar-refractivity contribution in [3.05, 3.63) is 71.8 Å². The van der Waals surface area contributed by atoms with Gasteiger partial charge >= 0.3 is 0 Å². The van der Waals surface area contributed by atoms with Gasteiger partial charge in [0.15, 0.2) is 5.60 Å². The number of amides is 1. The van der Waals surface area contributed by atoms with Crippen LogP contribution in [-0.4, -0.2) is 47.5 Å². The van der Waals surface area contributed by atoms with Crippen molar-refractivity contribution in [1.82, 2.24) is 9.80 Å².